The van der Waals surface area contributed by atoms with Crippen molar-refractivity contribution in [2.24, 2.45) is 4.99 Å². The summed E-state index contributed by atoms with van der Waals surface area (Å²) >= 11 is 0. The zero-order valence-corrected chi connectivity index (χ0v) is 17.4. The van der Waals surface area contributed by atoms with E-state index in [0.29, 0.717) is 19.0 Å². The third-order valence-electron chi connectivity index (χ3n) is 3.63. The van der Waals surface area contributed by atoms with E-state index in [-0.39, 0.29) is 24.0 Å². The molecule has 0 radical (unpaired) electrons. The Hall–Kier alpha value is -2.03. The maximum atomic E-state index is 5.40. The Bertz CT molecular complexity index is 677. The lowest BCUT2D eigenvalue weighted by molar-refractivity contribution is 0.395. The summed E-state index contributed by atoms with van der Waals surface area (Å²) in [5, 5.41) is 3.33. The molecule has 0 aliphatic rings. The summed E-state index contributed by atoms with van der Waals surface area (Å²) in [4.78, 5) is 10.6. The van der Waals surface area contributed by atoms with Crippen molar-refractivity contribution in [3.8, 4) is 11.6 Å². The number of pyridine rings is 1. The lowest BCUT2D eigenvalue weighted by Gasteiger charge is -2.23. The molecule has 1 heterocycles. The quantitative estimate of drug-likeness (QED) is 0.412. The van der Waals surface area contributed by atoms with Gasteiger partial charge in [-0.25, -0.2) is 4.98 Å². The van der Waals surface area contributed by atoms with Gasteiger partial charge in [0.1, 0.15) is 5.75 Å². The van der Waals surface area contributed by atoms with Crippen LogP contribution in [-0.2, 0) is 13.1 Å². The number of hydrogen-bond donors (Lipinski definition) is 1. The highest BCUT2D eigenvalue weighted by molar-refractivity contribution is 14.0. The molecule has 1 N–H and O–H groups in total. The second-order valence-corrected chi connectivity index (χ2v) is 5.28. The van der Waals surface area contributed by atoms with Gasteiger partial charge in [-0.15, -0.1) is 24.0 Å². The molecule has 6 nitrogen and oxygen atoms in total. The van der Waals surface area contributed by atoms with Gasteiger partial charge in [0.15, 0.2) is 5.96 Å². The second kappa shape index (κ2) is 10.8. The number of nitrogens with one attached hydrogen (secondary N) is 1. The second-order valence-electron chi connectivity index (χ2n) is 5.28. The number of hydrogen-bond acceptors (Lipinski definition) is 4. The van der Waals surface area contributed by atoms with Crippen molar-refractivity contribution >= 4 is 29.9 Å². The van der Waals surface area contributed by atoms with Crippen molar-refractivity contribution in [3.05, 3.63) is 53.7 Å². The molecule has 2 rings (SSSR count). The fraction of sp³-hybridized carbons (Fsp3) is 0.333. The predicted molar refractivity (Wildman–Crippen MR) is 111 cm³/mol. The number of guanidine groups is 1. The first-order valence-electron chi connectivity index (χ1n) is 7.70. The van der Waals surface area contributed by atoms with Crippen LogP contribution in [0.25, 0.3) is 0 Å². The average Bonchev–Trinajstić information content (AvgIpc) is 2.63. The van der Waals surface area contributed by atoms with E-state index in [1.807, 2.05) is 37.4 Å². The Morgan fingerprint density at radius 1 is 1.16 bits per heavy atom. The number of rotatable bonds is 6. The van der Waals surface area contributed by atoms with Gasteiger partial charge in [-0.3, -0.25) is 4.99 Å². The molecule has 25 heavy (non-hydrogen) atoms. The fourth-order valence-electron chi connectivity index (χ4n) is 2.37. The molecule has 0 aliphatic heterocycles. The van der Waals surface area contributed by atoms with E-state index in [1.54, 1.807) is 27.5 Å². The summed E-state index contributed by atoms with van der Waals surface area (Å²) in [7, 11) is 7.05. The van der Waals surface area contributed by atoms with Crippen LogP contribution in [0.4, 0.5) is 0 Å². The summed E-state index contributed by atoms with van der Waals surface area (Å²) in [6.07, 6.45) is 1.79. The van der Waals surface area contributed by atoms with E-state index >= 15 is 0 Å². The van der Waals surface area contributed by atoms with E-state index in [9.17, 15) is 0 Å². The number of benzene rings is 1. The van der Waals surface area contributed by atoms with Gasteiger partial charge in [0.2, 0.25) is 5.88 Å². The summed E-state index contributed by atoms with van der Waals surface area (Å²) in [6.45, 7) is 1.34. The molecule has 0 aliphatic carbocycles. The number of ether oxygens (including phenoxy) is 2. The van der Waals surface area contributed by atoms with Gasteiger partial charge in [-0.05, 0) is 11.6 Å². The Balaban J connectivity index is 0.00000312. The zero-order valence-electron chi connectivity index (χ0n) is 15.0. The van der Waals surface area contributed by atoms with Crippen LogP contribution in [0, 0.1) is 0 Å². The average molecular weight is 456 g/mol. The van der Waals surface area contributed by atoms with Crippen molar-refractivity contribution < 1.29 is 9.47 Å². The first-order valence-corrected chi connectivity index (χ1v) is 7.70. The molecule has 0 saturated carbocycles. The van der Waals surface area contributed by atoms with E-state index in [2.05, 4.69) is 26.3 Å². The molecule has 0 spiro atoms. The van der Waals surface area contributed by atoms with Crippen LogP contribution in [0.2, 0.25) is 0 Å². The van der Waals surface area contributed by atoms with E-state index < -0.39 is 0 Å². The molecule has 1 aromatic heterocycles. The number of aliphatic imine (C=N–C) groups is 1. The van der Waals surface area contributed by atoms with Crippen molar-refractivity contribution in [1.82, 2.24) is 15.2 Å². The Morgan fingerprint density at radius 3 is 2.52 bits per heavy atom. The maximum Gasteiger partial charge on any atom is 0.212 e. The molecule has 2 aromatic rings. The van der Waals surface area contributed by atoms with Gasteiger partial charge in [0.05, 0.1) is 14.2 Å². The minimum atomic E-state index is 0. The lowest BCUT2D eigenvalue weighted by atomic mass is 10.2. The standard InChI is InChI=1S/C18H24N4O2.HI/c1-19-18(21-12-14-9-10-17(24-4)20-11-14)22(2)13-15-7-5-6-8-16(15)23-3;/h5-11H,12-13H2,1-4H3,(H,19,21);1H. The van der Waals surface area contributed by atoms with Gasteiger partial charge < -0.3 is 19.7 Å². The van der Waals surface area contributed by atoms with Crippen molar-refractivity contribution in [2.75, 3.05) is 28.3 Å². The summed E-state index contributed by atoms with van der Waals surface area (Å²) in [5.74, 6) is 2.28. The molecule has 0 fully saturated rings. The van der Waals surface area contributed by atoms with Crippen LogP contribution in [-0.4, -0.2) is 44.2 Å². The normalized spacial score (nSPS) is 10.6. The minimum absolute atomic E-state index is 0. The maximum absolute atomic E-state index is 5.40. The molecule has 0 bridgehead atoms. The smallest absolute Gasteiger partial charge is 0.212 e. The van der Waals surface area contributed by atoms with Gasteiger partial charge in [0, 0.05) is 45.0 Å². The predicted octanol–water partition coefficient (Wildman–Crippen LogP) is 2.92. The number of halogens is 1. The molecule has 0 unspecified atom stereocenters. The molecule has 7 heteroatoms. The Morgan fingerprint density at radius 2 is 1.92 bits per heavy atom. The topological polar surface area (TPSA) is 59.0 Å². The Labute approximate surface area is 166 Å². The lowest BCUT2D eigenvalue weighted by Crippen LogP contribution is -2.38. The zero-order chi connectivity index (χ0) is 17.4. The molecule has 0 atom stereocenters. The third-order valence-corrected chi connectivity index (χ3v) is 3.63. The Kier molecular flexibility index (Phi) is 9.04. The largest absolute Gasteiger partial charge is 0.496 e. The van der Waals surface area contributed by atoms with Crippen LogP contribution in [0.15, 0.2) is 47.6 Å². The van der Waals surface area contributed by atoms with Gasteiger partial charge in [-0.2, -0.15) is 0 Å². The van der Waals surface area contributed by atoms with E-state index in [4.69, 9.17) is 9.47 Å². The van der Waals surface area contributed by atoms with Crippen LogP contribution in [0.1, 0.15) is 11.1 Å². The fourth-order valence-corrected chi connectivity index (χ4v) is 2.37. The summed E-state index contributed by atoms with van der Waals surface area (Å²) < 4.78 is 10.5. The van der Waals surface area contributed by atoms with Crippen LogP contribution >= 0.6 is 24.0 Å². The summed E-state index contributed by atoms with van der Waals surface area (Å²) in [5.41, 5.74) is 2.17. The molecule has 136 valence electrons. The highest BCUT2D eigenvalue weighted by Gasteiger charge is 2.09. The van der Waals surface area contributed by atoms with Gasteiger partial charge >= 0.3 is 0 Å². The van der Waals surface area contributed by atoms with Gasteiger partial charge in [0.25, 0.3) is 0 Å². The van der Waals surface area contributed by atoms with Crippen LogP contribution in [0.5, 0.6) is 11.6 Å². The highest BCUT2D eigenvalue weighted by atomic mass is 127. The van der Waals surface area contributed by atoms with E-state index in [0.717, 1.165) is 22.8 Å². The van der Waals surface area contributed by atoms with Crippen LogP contribution in [0.3, 0.4) is 0 Å². The summed E-state index contributed by atoms with van der Waals surface area (Å²) in [6, 6.07) is 11.8. The SMILES string of the molecule is CN=C(NCc1ccc(OC)nc1)N(C)Cc1ccccc1OC.I. The molecule has 1 aromatic carbocycles. The third kappa shape index (κ3) is 6.08. The first-order chi connectivity index (χ1) is 11.7. The number of methoxy groups -OCH3 is 2. The molecular formula is C18H25IN4O2. The van der Waals surface area contributed by atoms with Crippen molar-refractivity contribution in [1.29, 1.82) is 0 Å². The molecule has 0 amide bonds. The number of nitrogens with zero attached hydrogens (tertiary/aromatic N) is 3. The first kappa shape index (κ1) is 21.0. The number of aromatic nitrogens is 1. The minimum Gasteiger partial charge on any atom is -0.496 e. The van der Waals surface area contributed by atoms with Gasteiger partial charge in [-0.1, -0.05) is 24.3 Å². The molecule has 0 saturated heterocycles. The highest BCUT2D eigenvalue weighted by Crippen LogP contribution is 2.18. The van der Waals surface area contributed by atoms with Crippen molar-refractivity contribution in [2.45, 2.75) is 13.1 Å². The number of para-hydroxylation sites is 1. The molecular weight excluding hydrogens is 431 g/mol. The monoisotopic (exact) mass is 456 g/mol. The van der Waals surface area contributed by atoms with E-state index in [1.165, 1.54) is 0 Å². The van der Waals surface area contributed by atoms with Crippen LogP contribution < -0.4 is 14.8 Å². The van der Waals surface area contributed by atoms with Crippen molar-refractivity contribution in [3.63, 3.8) is 0 Å².